The van der Waals surface area contributed by atoms with Gasteiger partial charge in [-0.1, -0.05) is 166 Å². The number of hydrogen-bond donors (Lipinski definition) is 9. The van der Waals surface area contributed by atoms with Gasteiger partial charge in [0, 0.05) is 32.1 Å². The quantitative estimate of drug-likeness (QED) is 0.100. The van der Waals surface area contributed by atoms with Crippen LogP contribution in [0.1, 0.15) is 137 Å². The normalized spacial score (nSPS) is 22.7. The highest BCUT2D eigenvalue weighted by atomic mass is 32.1. The highest BCUT2D eigenvalue weighted by Gasteiger charge is 2.26. The molecule has 1 aliphatic rings. The number of cyclic esters (lactones) is 2. The van der Waals surface area contributed by atoms with E-state index in [4.69, 9.17) is 9.47 Å². The fourth-order valence-corrected chi connectivity index (χ4v) is 8.13. The third-order valence-corrected chi connectivity index (χ3v) is 11.8. The summed E-state index contributed by atoms with van der Waals surface area (Å²) in [6.07, 6.45) is 24.9. The number of aliphatic hydroxyl groups excluding tert-OH is 7. The predicted molar refractivity (Wildman–Crippen MR) is 371 cm³/mol. The van der Waals surface area contributed by atoms with Gasteiger partial charge in [-0.2, -0.15) is 108 Å². The predicted octanol–water partition coefficient (Wildman–Crippen LogP) is 10.5. The lowest BCUT2D eigenvalue weighted by Crippen LogP contribution is -2.28. The van der Waals surface area contributed by atoms with E-state index in [-0.39, 0.29) is 181 Å². The van der Waals surface area contributed by atoms with Crippen molar-refractivity contribution in [3.05, 3.63) is 167 Å². The topological polar surface area (TPSA) is 235 Å². The number of carbonyl (C=O) groups is 2. The number of esters is 2. The van der Waals surface area contributed by atoms with Gasteiger partial charge >= 0.3 is 11.9 Å². The summed E-state index contributed by atoms with van der Waals surface area (Å²) in [5.41, 5.74) is 2.48. The maximum atomic E-state index is 13.6. The van der Waals surface area contributed by atoms with E-state index in [2.05, 4.69) is 0 Å². The van der Waals surface area contributed by atoms with Crippen LogP contribution < -0.4 is 0 Å². The van der Waals surface area contributed by atoms with Crippen LogP contribution in [0.2, 0.25) is 0 Å². The van der Waals surface area contributed by atoms with Crippen LogP contribution in [0.25, 0.3) is 12.2 Å². The molecule has 0 radical (unpaired) electrons. The number of rotatable bonds is 5. The molecule has 462 valence electrons. The molecule has 0 aromatic heterocycles. The summed E-state index contributed by atoms with van der Waals surface area (Å²) in [7, 11) is 0. The Bertz CT molecular complexity index is 2350. The molecule has 2 aromatic carbocycles. The van der Waals surface area contributed by atoms with Gasteiger partial charge in [0.2, 0.25) is 0 Å². The van der Waals surface area contributed by atoms with E-state index < -0.39 is 66.9 Å². The molecule has 13 nitrogen and oxygen atoms in total. The summed E-state index contributed by atoms with van der Waals surface area (Å²) >= 11 is 0. The van der Waals surface area contributed by atoms with E-state index in [0.29, 0.717) is 36.8 Å². The lowest BCUT2D eigenvalue weighted by molar-refractivity contribution is -0.00293. The van der Waals surface area contributed by atoms with Gasteiger partial charge in [0.05, 0.1) is 42.7 Å². The van der Waals surface area contributed by atoms with Gasteiger partial charge in [-0.25, -0.2) is 9.59 Å². The Kier molecular flexibility index (Phi) is 55.3. The Hall–Kier alpha value is -3.10. The zero-order valence-corrected chi connectivity index (χ0v) is 55.1. The van der Waals surface area contributed by atoms with Crippen LogP contribution in [0.5, 0.6) is 11.5 Å². The average molecular weight is 1280 g/mol. The van der Waals surface area contributed by atoms with Crippen molar-refractivity contribution in [2.45, 2.75) is 160 Å². The molecular formula is C60H96O13S8. The van der Waals surface area contributed by atoms with Crippen molar-refractivity contribution in [3.63, 3.8) is 0 Å². The van der Waals surface area contributed by atoms with E-state index in [1.807, 2.05) is 39.8 Å². The Labute approximate surface area is 537 Å². The fourth-order valence-electron chi connectivity index (χ4n) is 8.13. The minimum atomic E-state index is -1.00. The minimum absolute atomic E-state index is 0. The van der Waals surface area contributed by atoms with E-state index in [0.717, 1.165) is 11.1 Å². The van der Waals surface area contributed by atoms with Gasteiger partial charge < -0.3 is 55.4 Å². The first-order valence-electron chi connectivity index (χ1n) is 25.3. The van der Waals surface area contributed by atoms with Crippen LogP contribution in [0.15, 0.2) is 145 Å². The maximum Gasteiger partial charge on any atom is 0.342 e. The van der Waals surface area contributed by atoms with Crippen LogP contribution in [-0.4, -0.2) is 113 Å². The first kappa shape index (κ1) is 89.1. The summed E-state index contributed by atoms with van der Waals surface area (Å²) in [4.78, 5) is 27.1. The van der Waals surface area contributed by atoms with Gasteiger partial charge in [-0.15, -0.1) is 0 Å². The summed E-state index contributed by atoms with van der Waals surface area (Å²) in [5, 5.41) is 96.5. The second-order valence-corrected chi connectivity index (χ2v) is 19.2. The second kappa shape index (κ2) is 50.2. The summed E-state index contributed by atoms with van der Waals surface area (Å²) < 4.78 is 11.7. The van der Waals surface area contributed by atoms with Crippen molar-refractivity contribution in [1.82, 2.24) is 0 Å². The number of ether oxygens (including phenoxy) is 2. The fraction of sp³-hybridized carbons (Fsp3) is 0.433. The van der Waals surface area contributed by atoms with Crippen molar-refractivity contribution >= 4 is 132 Å². The maximum absolute atomic E-state index is 13.6. The number of hydrogen-bond acceptors (Lipinski definition) is 13. The van der Waals surface area contributed by atoms with Crippen LogP contribution in [0.4, 0.5) is 0 Å². The Balaban J connectivity index is -0.00000176. The molecule has 0 spiro atoms. The smallest absolute Gasteiger partial charge is 0.342 e. The molecule has 0 saturated heterocycles. The van der Waals surface area contributed by atoms with Crippen molar-refractivity contribution in [2.24, 2.45) is 5.92 Å². The number of aliphatic hydroxyl groups is 7. The van der Waals surface area contributed by atoms with Gasteiger partial charge in [0.1, 0.15) is 34.8 Å². The average Bonchev–Trinajstić information content (AvgIpc) is 3.30. The van der Waals surface area contributed by atoms with Crippen LogP contribution in [-0.2, 0) is 9.47 Å². The number of benzene rings is 2. The molecule has 81 heavy (non-hydrogen) atoms. The highest BCUT2D eigenvalue weighted by molar-refractivity contribution is 7.60. The van der Waals surface area contributed by atoms with E-state index >= 15 is 0 Å². The largest absolute Gasteiger partial charge is 0.507 e. The SMILES string of the molecule is CCC(O)CC1CC(O)CC=C[C@@H](O)C[C@@H](O)CC(C)=CC=CC=CC=Cc2cccc(O)c2C(=O)OC(CC(C)C)C[C@@H](O)CC=C[C@@H](O)C[C@@H](O)CC(C)=CC=CC=CC=Cc2cccc(O)c2C(=O)O1.S.S.S.S.S.S.S.S. The molecule has 0 bridgehead atoms. The standard InChI is InChI=1S/C60H80O13.8H2S/c1-6-46(61)38-54-40-50(65)30-20-28-48(63)37-52(67)35-43(5)21-13-9-7-11-15-23-44-25-17-31-55(68)57(44)59(70)72-53(33-41(2)3)39-49(64)29-19-27-47(62)36-51(66)34-42(4)22-14-10-8-12-16-24-45-26-18-32-56(69)58(45)60(71)73-54;;;;;;;;/h7-28,31-32,41,46-54,61-69H,6,29-30,33-40H2,1-5H3;8*1H2/t46?,47-,48-,49+,50?,51+,52+,53?,54?;;;;;;;;/m1......../s1. The Morgan fingerprint density at radius 1 is 0.506 bits per heavy atom. The van der Waals surface area contributed by atoms with Crippen molar-refractivity contribution in [3.8, 4) is 11.5 Å². The molecule has 1 aliphatic heterocycles. The van der Waals surface area contributed by atoms with Crippen molar-refractivity contribution < 1.29 is 65.0 Å². The van der Waals surface area contributed by atoms with Gasteiger partial charge in [0.15, 0.2) is 0 Å². The molecule has 9 atom stereocenters. The minimum Gasteiger partial charge on any atom is -0.507 e. The Morgan fingerprint density at radius 2 is 0.864 bits per heavy atom. The van der Waals surface area contributed by atoms with Crippen LogP contribution >= 0.6 is 108 Å². The van der Waals surface area contributed by atoms with Gasteiger partial charge in [-0.3, -0.25) is 0 Å². The molecule has 9 N–H and O–H groups in total. The molecular weight excluding hydrogens is 1190 g/mol. The number of carbonyl (C=O) groups excluding carboxylic acids is 2. The van der Waals surface area contributed by atoms with E-state index in [9.17, 15) is 55.5 Å². The van der Waals surface area contributed by atoms with Crippen LogP contribution in [0, 0.1) is 5.92 Å². The van der Waals surface area contributed by atoms with Gasteiger partial charge in [0.25, 0.3) is 0 Å². The molecule has 21 heteroatoms. The number of phenols is 2. The molecule has 2 aromatic rings. The van der Waals surface area contributed by atoms with Crippen LogP contribution in [0.3, 0.4) is 0 Å². The molecule has 0 fully saturated rings. The molecule has 1 heterocycles. The van der Waals surface area contributed by atoms with E-state index in [1.165, 1.54) is 24.3 Å². The molecule has 0 aliphatic carbocycles. The summed E-state index contributed by atoms with van der Waals surface area (Å²) in [6, 6.07) is 9.32. The number of phenolic OH excluding ortho intramolecular Hbond substituents is 2. The summed E-state index contributed by atoms with van der Waals surface area (Å²) in [5.74, 6) is -1.95. The van der Waals surface area contributed by atoms with Crippen molar-refractivity contribution in [1.29, 1.82) is 0 Å². The third kappa shape index (κ3) is 37.8. The number of aromatic hydroxyl groups is 2. The Morgan fingerprint density at radius 3 is 1.23 bits per heavy atom. The molecule has 4 unspecified atom stereocenters. The lowest BCUT2D eigenvalue weighted by atomic mass is 9.98. The second-order valence-electron chi connectivity index (χ2n) is 19.2. The molecule has 3 rings (SSSR count). The molecule has 0 amide bonds. The summed E-state index contributed by atoms with van der Waals surface area (Å²) in [6.45, 7) is 9.46. The van der Waals surface area contributed by atoms with Gasteiger partial charge in [-0.05, 0) is 81.5 Å². The zero-order chi connectivity index (χ0) is 53.7. The number of fused-ring (bicyclic) bond motifs is 2. The van der Waals surface area contributed by atoms with Crippen molar-refractivity contribution in [2.75, 3.05) is 0 Å². The van der Waals surface area contributed by atoms with E-state index in [1.54, 1.807) is 116 Å². The first-order chi connectivity index (χ1) is 34.8. The molecule has 0 saturated carbocycles. The third-order valence-electron chi connectivity index (χ3n) is 11.8. The first-order valence-corrected chi connectivity index (χ1v) is 25.3. The zero-order valence-electron chi connectivity index (χ0n) is 47.1. The highest BCUT2D eigenvalue weighted by Crippen LogP contribution is 2.28. The monoisotopic (exact) mass is 1280 g/mol. The lowest BCUT2D eigenvalue weighted by Gasteiger charge is -2.23. The number of allylic oxidation sites excluding steroid dienone is 12.